The molecular formula is C20H17ClN10O3. The van der Waals surface area contributed by atoms with Crippen LogP contribution in [0.25, 0.3) is 5.82 Å². The highest BCUT2D eigenvalue weighted by atomic mass is 35.5. The van der Waals surface area contributed by atoms with Gasteiger partial charge in [0.15, 0.2) is 5.69 Å². The number of carbonyl (C=O) groups excluding carboxylic acids is 2. The van der Waals surface area contributed by atoms with Gasteiger partial charge in [0.1, 0.15) is 0 Å². The van der Waals surface area contributed by atoms with E-state index in [9.17, 15) is 9.59 Å². The Bertz CT molecular complexity index is 1380. The van der Waals surface area contributed by atoms with Crippen molar-refractivity contribution >= 4 is 41.1 Å². The van der Waals surface area contributed by atoms with E-state index >= 15 is 0 Å². The highest BCUT2D eigenvalue weighted by Crippen LogP contribution is 2.20. The molecule has 0 spiro atoms. The first kappa shape index (κ1) is 22.4. The fourth-order valence-corrected chi connectivity index (χ4v) is 3.15. The van der Waals surface area contributed by atoms with E-state index in [-0.39, 0.29) is 35.1 Å². The molecule has 13 nitrogen and oxygen atoms in total. The second-order valence-electron chi connectivity index (χ2n) is 6.75. The zero-order valence-electron chi connectivity index (χ0n) is 17.3. The molecule has 4 aromatic rings. The Hall–Kier alpha value is -4.78. The number of halogens is 1. The van der Waals surface area contributed by atoms with Crippen LogP contribution in [-0.2, 0) is 6.54 Å². The average Bonchev–Trinajstić information content (AvgIpc) is 3.44. The van der Waals surface area contributed by atoms with E-state index in [0.29, 0.717) is 16.3 Å². The normalized spacial score (nSPS) is 11.0. The van der Waals surface area contributed by atoms with Gasteiger partial charge < -0.3 is 16.8 Å². The van der Waals surface area contributed by atoms with Crippen molar-refractivity contribution < 1.29 is 14.2 Å². The number of nitrogens with one attached hydrogen (secondary N) is 2. The maximum Gasteiger partial charge on any atom is 0.293 e. The van der Waals surface area contributed by atoms with Gasteiger partial charge in [0.2, 0.25) is 11.6 Å². The minimum atomic E-state index is -0.662. The first-order valence-electron chi connectivity index (χ1n) is 9.69. The van der Waals surface area contributed by atoms with Crippen molar-refractivity contribution in [2.24, 2.45) is 10.8 Å². The van der Waals surface area contributed by atoms with Crippen molar-refractivity contribution in [2.45, 2.75) is 6.54 Å². The maximum absolute atomic E-state index is 12.8. The number of nitrogen functional groups attached to an aromatic ring is 1. The van der Waals surface area contributed by atoms with Crippen LogP contribution >= 0.6 is 11.6 Å². The number of carbonyl (C=O) groups is 2. The van der Waals surface area contributed by atoms with Crippen LogP contribution in [0.2, 0.25) is 5.02 Å². The summed E-state index contributed by atoms with van der Waals surface area (Å²) in [7, 11) is 0. The predicted octanol–water partition coefficient (Wildman–Crippen LogP) is 1.36. The predicted molar refractivity (Wildman–Crippen MR) is 122 cm³/mol. The van der Waals surface area contributed by atoms with Crippen molar-refractivity contribution in [1.82, 2.24) is 30.7 Å². The number of nitrogens with zero attached hydrogens (tertiary/aromatic N) is 6. The summed E-state index contributed by atoms with van der Waals surface area (Å²) in [4.78, 5) is 24.6. The summed E-state index contributed by atoms with van der Waals surface area (Å²) in [6.07, 6.45) is 1.39. The van der Waals surface area contributed by atoms with Crippen LogP contribution in [0.15, 0.2) is 58.3 Å². The number of aromatic nitrogens is 5. The van der Waals surface area contributed by atoms with Gasteiger partial charge in [-0.3, -0.25) is 9.59 Å². The fourth-order valence-electron chi connectivity index (χ4n) is 2.97. The van der Waals surface area contributed by atoms with E-state index in [1.54, 1.807) is 48.5 Å². The van der Waals surface area contributed by atoms with Crippen LogP contribution in [0.4, 0.5) is 11.5 Å². The van der Waals surface area contributed by atoms with Crippen molar-refractivity contribution in [2.75, 3.05) is 11.1 Å². The first-order chi connectivity index (χ1) is 16.5. The third-order valence-electron chi connectivity index (χ3n) is 4.59. The molecule has 34 heavy (non-hydrogen) atoms. The van der Waals surface area contributed by atoms with Gasteiger partial charge in [-0.2, -0.15) is 9.78 Å². The molecule has 0 atom stereocenters. The van der Waals surface area contributed by atoms with Gasteiger partial charge in [-0.25, -0.2) is 10.1 Å². The summed E-state index contributed by atoms with van der Waals surface area (Å²) in [5, 5.41) is 22.5. The molecule has 0 saturated carbocycles. The quantitative estimate of drug-likeness (QED) is 0.213. The van der Waals surface area contributed by atoms with Gasteiger partial charge in [0.25, 0.3) is 11.8 Å². The lowest BCUT2D eigenvalue weighted by atomic mass is 10.1. The van der Waals surface area contributed by atoms with E-state index in [4.69, 9.17) is 23.1 Å². The Morgan fingerprint density at radius 3 is 2.65 bits per heavy atom. The van der Waals surface area contributed by atoms with Gasteiger partial charge in [-0.05, 0) is 28.5 Å². The molecule has 0 saturated heterocycles. The summed E-state index contributed by atoms with van der Waals surface area (Å²) in [6.45, 7) is -0.0133. The zero-order chi connectivity index (χ0) is 24.1. The van der Waals surface area contributed by atoms with Gasteiger partial charge in [0, 0.05) is 16.3 Å². The second kappa shape index (κ2) is 9.79. The van der Waals surface area contributed by atoms with E-state index in [2.05, 4.69) is 41.1 Å². The minimum Gasteiger partial charge on any atom is -0.379 e. The van der Waals surface area contributed by atoms with Crippen molar-refractivity contribution in [1.29, 1.82) is 0 Å². The molecule has 2 aromatic heterocycles. The van der Waals surface area contributed by atoms with Gasteiger partial charge >= 0.3 is 0 Å². The third kappa shape index (κ3) is 4.68. The highest BCUT2D eigenvalue weighted by molar-refractivity contribution is 6.33. The topological polar surface area (TPSA) is 192 Å². The summed E-state index contributed by atoms with van der Waals surface area (Å²) in [5.41, 5.74) is 15.1. The number of anilines is 2. The Morgan fingerprint density at radius 1 is 1.15 bits per heavy atom. The number of nitrogens with two attached hydrogens (primary N) is 2. The van der Waals surface area contributed by atoms with Crippen LogP contribution < -0.4 is 22.2 Å². The SMILES string of the molecule is NC(=O)c1ccccc1NCc1c(C(=O)N/N=C\c2ccccc2Cl)nnn1-c1nonc1N. The molecule has 14 heteroatoms. The van der Waals surface area contributed by atoms with Crippen molar-refractivity contribution in [3.8, 4) is 5.82 Å². The zero-order valence-corrected chi connectivity index (χ0v) is 18.1. The largest absolute Gasteiger partial charge is 0.379 e. The number of primary amides is 1. The highest BCUT2D eigenvalue weighted by Gasteiger charge is 2.24. The lowest BCUT2D eigenvalue weighted by Crippen LogP contribution is -2.22. The molecule has 2 amide bonds. The molecule has 6 N–H and O–H groups in total. The number of hydrazone groups is 1. The number of para-hydroxylation sites is 1. The van der Waals surface area contributed by atoms with Crippen LogP contribution in [0.3, 0.4) is 0 Å². The summed E-state index contributed by atoms with van der Waals surface area (Å²) in [5.74, 6) is -1.31. The van der Waals surface area contributed by atoms with Crippen molar-refractivity contribution in [3.05, 3.63) is 76.1 Å². The summed E-state index contributed by atoms with van der Waals surface area (Å²) >= 11 is 6.09. The molecule has 0 aliphatic rings. The molecule has 0 fully saturated rings. The van der Waals surface area contributed by atoms with E-state index in [1.807, 2.05) is 0 Å². The second-order valence-corrected chi connectivity index (χ2v) is 7.16. The Kier molecular flexibility index (Phi) is 6.45. The molecule has 2 aromatic carbocycles. The Labute approximate surface area is 196 Å². The fraction of sp³-hybridized carbons (Fsp3) is 0.0500. The van der Waals surface area contributed by atoms with Crippen molar-refractivity contribution in [3.63, 3.8) is 0 Å². The molecular weight excluding hydrogens is 464 g/mol. The average molecular weight is 481 g/mol. The van der Waals surface area contributed by atoms with Crippen LogP contribution in [-0.4, -0.2) is 43.3 Å². The molecule has 0 aliphatic carbocycles. The molecule has 0 radical (unpaired) electrons. The van der Waals surface area contributed by atoms with Crippen LogP contribution in [0.1, 0.15) is 32.1 Å². The lowest BCUT2D eigenvalue weighted by molar-refractivity contribution is 0.0947. The molecule has 0 aliphatic heterocycles. The molecule has 172 valence electrons. The first-order valence-corrected chi connectivity index (χ1v) is 10.1. The van der Waals surface area contributed by atoms with Gasteiger partial charge in [0.05, 0.1) is 24.0 Å². The van der Waals surface area contributed by atoms with Crippen LogP contribution in [0.5, 0.6) is 0 Å². The molecule has 2 heterocycles. The monoisotopic (exact) mass is 480 g/mol. The molecule has 0 bridgehead atoms. The summed E-state index contributed by atoms with van der Waals surface area (Å²) in [6, 6.07) is 13.6. The number of hydrogen-bond acceptors (Lipinski definition) is 10. The number of benzene rings is 2. The van der Waals surface area contributed by atoms with E-state index in [1.165, 1.54) is 10.9 Å². The number of hydrogen-bond donors (Lipinski definition) is 4. The smallest absolute Gasteiger partial charge is 0.293 e. The summed E-state index contributed by atoms with van der Waals surface area (Å²) < 4.78 is 5.82. The van der Waals surface area contributed by atoms with E-state index in [0.717, 1.165) is 0 Å². The Morgan fingerprint density at radius 2 is 1.91 bits per heavy atom. The Balaban J connectivity index is 1.62. The van der Waals surface area contributed by atoms with Gasteiger partial charge in [-0.1, -0.05) is 47.1 Å². The molecule has 4 rings (SSSR count). The van der Waals surface area contributed by atoms with Crippen LogP contribution in [0, 0.1) is 0 Å². The standard InChI is InChI=1S/C20H17ClN10O3/c21-13-7-3-1-5-11(13)9-25-27-20(33)16-15(31(30-26-16)19-17(22)28-34-29-19)10-24-14-8-4-2-6-12(14)18(23)32/h1-9,24H,10H2,(H2,22,28)(H2,23,32)(H,27,33)/b25-9-. The van der Waals surface area contributed by atoms with Gasteiger partial charge in [-0.15, -0.1) is 5.10 Å². The third-order valence-corrected chi connectivity index (χ3v) is 4.93. The minimum absolute atomic E-state index is 0.0133. The number of rotatable bonds is 8. The maximum atomic E-state index is 12.8. The van der Waals surface area contributed by atoms with E-state index < -0.39 is 11.8 Å². The lowest BCUT2D eigenvalue weighted by Gasteiger charge is -2.11. The molecule has 0 unspecified atom stereocenters. The number of amides is 2.